The van der Waals surface area contributed by atoms with E-state index in [1.54, 1.807) is 0 Å². The number of para-hydroxylation sites is 1. The maximum absolute atomic E-state index is 12.1. The van der Waals surface area contributed by atoms with Crippen LogP contribution < -0.4 is 11.1 Å². The number of fused-ring (bicyclic) bond motifs is 1. The molecule has 1 aromatic carbocycles. The Hall–Kier alpha value is -1.46. The number of rotatable bonds is 5. The number of nitrogens with two attached hydrogens (primary N) is 1. The summed E-state index contributed by atoms with van der Waals surface area (Å²) in [4.78, 5) is 15.3. The number of carbonyl (C=O) groups excluding carboxylic acids is 1. The van der Waals surface area contributed by atoms with Crippen molar-refractivity contribution in [3.8, 4) is 0 Å². The second-order valence-corrected chi connectivity index (χ2v) is 6.96. The molecular formula is C16H21N3OS. The minimum atomic E-state index is -0.490. The van der Waals surface area contributed by atoms with Gasteiger partial charge in [-0.2, -0.15) is 11.8 Å². The standard InChI is InChI=1S/C16H21N3OS/c17-14(16(20)19-10-12-4-3-7-21-12)8-11-9-18-15-6-2-1-5-13(11)15/h1-2,5-6,9,12,14,18H,3-4,7-8,10,17H2,(H,19,20)/t12?,14-/m1/s1. The predicted octanol–water partition coefficient (Wildman–Crippen LogP) is 2.05. The van der Waals surface area contributed by atoms with Gasteiger partial charge in [-0.15, -0.1) is 0 Å². The second kappa shape index (κ2) is 6.54. The summed E-state index contributed by atoms with van der Waals surface area (Å²) in [6.07, 6.45) is 4.97. The number of aromatic nitrogens is 1. The molecule has 2 heterocycles. The molecule has 2 aromatic rings. The van der Waals surface area contributed by atoms with Crippen molar-refractivity contribution in [1.29, 1.82) is 0 Å². The van der Waals surface area contributed by atoms with E-state index in [4.69, 9.17) is 5.73 Å². The van der Waals surface area contributed by atoms with E-state index in [1.807, 2.05) is 36.2 Å². The highest BCUT2D eigenvalue weighted by molar-refractivity contribution is 8.00. The van der Waals surface area contributed by atoms with Gasteiger partial charge < -0.3 is 16.0 Å². The van der Waals surface area contributed by atoms with Crippen molar-refractivity contribution in [2.45, 2.75) is 30.6 Å². The van der Waals surface area contributed by atoms with Crippen molar-refractivity contribution in [2.24, 2.45) is 5.73 Å². The van der Waals surface area contributed by atoms with Crippen LogP contribution in [0.4, 0.5) is 0 Å². The van der Waals surface area contributed by atoms with Crippen LogP contribution in [0.3, 0.4) is 0 Å². The van der Waals surface area contributed by atoms with Gasteiger partial charge in [-0.25, -0.2) is 0 Å². The minimum Gasteiger partial charge on any atom is -0.361 e. The summed E-state index contributed by atoms with van der Waals surface area (Å²) in [5.74, 6) is 1.16. The fraction of sp³-hybridized carbons (Fsp3) is 0.438. The van der Waals surface area contributed by atoms with Gasteiger partial charge in [0.25, 0.3) is 0 Å². The Morgan fingerprint density at radius 2 is 2.33 bits per heavy atom. The van der Waals surface area contributed by atoms with Crippen molar-refractivity contribution in [1.82, 2.24) is 10.3 Å². The molecule has 4 nitrogen and oxygen atoms in total. The number of amides is 1. The molecule has 4 N–H and O–H groups in total. The third-order valence-electron chi connectivity index (χ3n) is 3.98. The van der Waals surface area contributed by atoms with Gasteiger partial charge in [-0.05, 0) is 36.6 Å². The van der Waals surface area contributed by atoms with Crippen LogP contribution in [0, 0.1) is 0 Å². The number of thioether (sulfide) groups is 1. The van der Waals surface area contributed by atoms with E-state index in [2.05, 4.69) is 16.4 Å². The highest BCUT2D eigenvalue weighted by atomic mass is 32.2. The Kier molecular flexibility index (Phi) is 4.51. The lowest BCUT2D eigenvalue weighted by molar-refractivity contribution is -0.122. The number of hydrogen-bond donors (Lipinski definition) is 3. The number of aromatic amines is 1. The predicted molar refractivity (Wildman–Crippen MR) is 88.5 cm³/mol. The van der Waals surface area contributed by atoms with E-state index in [9.17, 15) is 4.79 Å². The highest BCUT2D eigenvalue weighted by Crippen LogP contribution is 2.25. The first-order chi connectivity index (χ1) is 10.2. The maximum Gasteiger partial charge on any atom is 0.237 e. The fourth-order valence-electron chi connectivity index (χ4n) is 2.78. The topological polar surface area (TPSA) is 70.9 Å². The second-order valence-electron chi connectivity index (χ2n) is 5.55. The van der Waals surface area contributed by atoms with E-state index in [-0.39, 0.29) is 5.91 Å². The normalized spacial score (nSPS) is 19.8. The van der Waals surface area contributed by atoms with Crippen LogP contribution in [-0.2, 0) is 11.2 Å². The largest absolute Gasteiger partial charge is 0.361 e. The zero-order chi connectivity index (χ0) is 14.7. The molecule has 0 bridgehead atoms. The summed E-state index contributed by atoms with van der Waals surface area (Å²) in [7, 11) is 0. The number of carbonyl (C=O) groups is 1. The average Bonchev–Trinajstić information content (AvgIpc) is 3.15. The summed E-state index contributed by atoms with van der Waals surface area (Å²) in [6, 6.07) is 7.59. The third-order valence-corrected chi connectivity index (χ3v) is 5.38. The summed E-state index contributed by atoms with van der Waals surface area (Å²) >= 11 is 1.94. The lowest BCUT2D eigenvalue weighted by Crippen LogP contribution is -2.43. The third kappa shape index (κ3) is 3.41. The number of benzene rings is 1. The first-order valence-electron chi connectivity index (χ1n) is 7.44. The quantitative estimate of drug-likeness (QED) is 0.791. The molecule has 0 radical (unpaired) electrons. The van der Waals surface area contributed by atoms with Crippen molar-refractivity contribution >= 4 is 28.6 Å². The molecule has 0 saturated carbocycles. The minimum absolute atomic E-state index is 0.0484. The molecule has 112 valence electrons. The molecule has 0 spiro atoms. The summed E-state index contributed by atoms with van der Waals surface area (Å²) < 4.78 is 0. The van der Waals surface area contributed by atoms with Gasteiger partial charge >= 0.3 is 0 Å². The van der Waals surface area contributed by atoms with E-state index in [0.29, 0.717) is 11.7 Å². The Labute approximate surface area is 128 Å². The zero-order valence-corrected chi connectivity index (χ0v) is 12.8. The molecule has 2 atom stereocenters. The number of H-pyrrole nitrogens is 1. The van der Waals surface area contributed by atoms with E-state index in [0.717, 1.165) is 23.0 Å². The van der Waals surface area contributed by atoms with Gasteiger partial charge in [-0.1, -0.05) is 18.2 Å². The summed E-state index contributed by atoms with van der Waals surface area (Å²) in [5, 5.41) is 4.70. The van der Waals surface area contributed by atoms with Crippen LogP contribution in [0.25, 0.3) is 10.9 Å². The fourth-order valence-corrected chi connectivity index (χ4v) is 3.98. The molecule has 1 saturated heterocycles. The van der Waals surface area contributed by atoms with Gasteiger partial charge in [0.1, 0.15) is 0 Å². The monoisotopic (exact) mass is 303 g/mol. The van der Waals surface area contributed by atoms with Crippen LogP contribution >= 0.6 is 11.8 Å². The Morgan fingerprint density at radius 1 is 1.48 bits per heavy atom. The Bertz CT molecular complexity index is 619. The first kappa shape index (κ1) is 14.5. The molecule has 1 aliphatic rings. The van der Waals surface area contributed by atoms with Crippen molar-refractivity contribution in [3.63, 3.8) is 0 Å². The van der Waals surface area contributed by atoms with Crippen molar-refractivity contribution in [2.75, 3.05) is 12.3 Å². The molecule has 3 rings (SSSR count). The van der Waals surface area contributed by atoms with Crippen molar-refractivity contribution in [3.05, 3.63) is 36.0 Å². The Morgan fingerprint density at radius 3 is 3.14 bits per heavy atom. The van der Waals surface area contributed by atoms with E-state index in [1.165, 1.54) is 18.6 Å². The van der Waals surface area contributed by atoms with Gasteiger partial charge in [0, 0.05) is 28.9 Å². The number of hydrogen-bond acceptors (Lipinski definition) is 3. The SMILES string of the molecule is N[C@H](Cc1c[nH]c2ccccc12)C(=O)NCC1CCCS1. The maximum atomic E-state index is 12.1. The van der Waals surface area contributed by atoms with Crippen LogP contribution in [0.2, 0.25) is 0 Å². The molecule has 1 aromatic heterocycles. The molecule has 0 aliphatic carbocycles. The smallest absolute Gasteiger partial charge is 0.237 e. The summed E-state index contributed by atoms with van der Waals surface area (Å²) in [6.45, 7) is 0.741. The molecule has 21 heavy (non-hydrogen) atoms. The summed E-state index contributed by atoms with van der Waals surface area (Å²) in [5.41, 5.74) is 8.24. The van der Waals surface area contributed by atoms with Gasteiger partial charge in [-0.3, -0.25) is 4.79 Å². The van der Waals surface area contributed by atoms with Gasteiger partial charge in [0.05, 0.1) is 6.04 Å². The molecule has 5 heteroatoms. The molecule has 1 aliphatic heterocycles. The van der Waals surface area contributed by atoms with Crippen LogP contribution in [0.15, 0.2) is 30.5 Å². The van der Waals surface area contributed by atoms with E-state index >= 15 is 0 Å². The van der Waals surface area contributed by atoms with Gasteiger partial charge in [0.15, 0.2) is 0 Å². The first-order valence-corrected chi connectivity index (χ1v) is 8.49. The van der Waals surface area contributed by atoms with Crippen molar-refractivity contribution < 1.29 is 4.79 Å². The van der Waals surface area contributed by atoms with E-state index < -0.39 is 6.04 Å². The van der Waals surface area contributed by atoms with Crippen LogP contribution in [-0.4, -0.2) is 34.5 Å². The molecule has 1 amide bonds. The lowest BCUT2D eigenvalue weighted by Gasteiger charge is -2.14. The van der Waals surface area contributed by atoms with Crippen LogP contribution in [0.5, 0.6) is 0 Å². The highest BCUT2D eigenvalue weighted by Gasteiger charge is 2.19. The zero-order valence-electron chi connectivity index (χ0n) is 12.0. The molecule has 1 unspecified atom stereocenters. The lowest BCUT2D eigenvalue weighted by atomic mass is 10.1. The average molecular weight is 303 g/mol. The Balaban J connectivity index is 1.57. The van der Waals surface area contributed by atoms with Gasteiger partial charge in [0.2, 0.25) is 5.91 Å². The molecular weight excluding hydrogens is 282 g/mol. The molecule has 1 fully saturated rings. The number of nitrogens with one attached hydrogen (secondary N) is 2. The van der Waals surface area contributed by atoms with Crippen LogP contribution in [0.1, 0.15) is 18.4 Å².